The molecule has 0 spiro atoms. The molecule has 0 aliphatic heterocycles. The van der Waals surface area contributed by atoms with Crippen molar-refractivity contribution < 1.29 is 0 Å². The maximum absolute atomic E-state index is 6.31. The fourth-order valence-electron chi connectivity index (χ4n) is 3.35. The van der Waals surface area contributed by atoms with Gasteiger partial charge in [0, 0.05) is 51.6 Å². The zero-order chi connectivity index (χ0) is 19.7. The summed E-state index contributed by atoms with van der Waals surface area (Å²) >= 11 is 13.9. The van der Waals surface area contributed by atoms with Crippen molar-refractivity contribution in [3.05, 3.63) is 64.3 Å². The Bertz CT molecular complexity index is 1130. The number of aromatic nitrogens is 4. The van der Waals surface area contributed by atoms with Gasteiger partial charge in [0.2, 0.25) is 0 Å². The molecule has 7 heteroatoms. The topological polar surface area (TPSA) is 35.6 Å². The molecule has 144 valence electrons. The van der Waals surface area contributed by atoms with Crippen LogP contribution < -0.4 is 0 Å². The predicted octanol–water partition coefficient (Wildman–Crippen LogP) is 6.54. The van der Waals surface area contributed by atoms with Gasteiger partial charge in [0.25, 0.3) is 0 Å². The normalized spacial score (nSPS) is 11.4. The van der Waals surface area contributed by atoms with Gasteiger partial charge in [-0.15, -0.1) is 10.2 Å². The van der Waals surface area contributed by atoms with Gasteiger partial charge in [-0.05, 0) is 37.6 Å². The summed E-state index contributed by atoms with van der Waals surface area (Å²) in [6.45, 7) is 5.98. The quantitative estimate of drug-likeness (QED) is 0.325. The molecule has 2 aromatic heterocycles. The predicted molar refractivity (Wildman–Crippen MR) is 118 cm³/mol. The number of para-hydroxylation sites is 1. The molecule has 0 saturated carbocycles. The van der Waals surface area contributed by atoms with Crippen molar-refractivity contribution in [1.29, 1.82) is 0 Å². The smallest absolute Gasteiger partial charge is 0.191 e. The second-order valence-corrected chi connectivity index (χ2v) is 8.21. The number of aryl methyl sites for hydroxylation is 1. The maximum Gasteiger partial charge on any atom is 0.191 e. The van der Waals surface area contributed by atoms with Crippen molar-refractivity contribution in [2.24, 2.45) is 0 Å². The van der Waals surface area contributed by atoms with Crippen molar-refractivity contribution in [2.75, 3.05) is 0 Å². The third-order valence-electron chi connectivity index (χ3n) is 4.78. The van der Waals surface area contributed by atoms with Crippen LogP contribution in [0.3, 0.4) is 0 Å². The Labute approximate surface area is 178 Å². The van der Waals surface area contributed by atoms with Crippen LogP contribution in [0.5, 0.6) is 0 Å². The molecular formula is C21H20Cl2N4S. The van der Waals surface area contributed by atoms with Gasteiger partial charge in [-0.1, -0.05) is 59.2 Å². The third kappa shape index (κ3) is 3.54. The minimum atomic E-state index is 0.644. The summed E-state index contributed by atoms with van der Waals surface area (Å²) in [6, 6.07) is 14.0. The number of fused-ring (bicyclic) bond motifs is 1. The van der Waals surface area contributed by atoms with Crippen molar-refractivity contribution >= 4 is 45.9 Å². The van der Waals surface area contributed by atoms with Gasteiger partial charge in [-0.25, -0.2) is 0 Å². The number of benzene rings is 2. The van der Waals surface area contributed by atoms with Crippen molar-refractivity contribution in [2.45, 2.75) is 37.8 Å². The van der Waals surface area contributed by atoms with Crippen molar-refractivity contribution in [3.8, 4) is 11.4 Å². The molecule has 0 amide bonds. The van der Waals surface area contributed by atoms with Crippen LogP contribution in [-0.4, -0.2) is 19.3 Å². The highest BCUT2D eigenvalue weighted by Crippen LogP contribution is 2.33. The monoisotopic (exact) mass is 430 g/mol. The number of hydrogen-bond donors (Lipinski definition) is 0. The molecule has 2 heterocycles. The number of rotatable bonds is 6. The van der Waals surface area contributed by atoms with Crippen LogP contribution in [0.15, 0.2) is 53.8 Å². The highest BCUT2D eigenvalue weighted by molar-refractivity contribution is 7.98. The number of halogens is 2. The average Bonchev–Trinajstić information content (AvgIpc) is 3.27. The SMILES string of the molecule is CCn1c(SCc2ccc(Cl)cc2Cl)nnc1-c1cn(CC)c2ccccc12. The molecule has 0 saturated heterocycles. The average molecular weight is 431 g/mol. The van der Waals surface area contributed by atoms with E-state index in [9.17, 15) is 0 Å². The van der Waals surface area contributed by atoms with E-state index >= 15 is 0 Å². The minimum Gasteiger partial charge on any atom is -0.347 e. The lowest BCUT2D eigenvalue weighted by atomic mass is 10.1. The van der Waals surface area contributed by atoms with Crippen molar-refractivity contribution in [3.63, 3.8) is 0 Å². The van der Waals surface area contributed by atoms with Gasteiger partial charge < -0.3 is 9.13 Å². The number of hydrogen-bond acceptors (Lipinski definition) is 3. The Balaban J connectivity index is 1.69. The first kappa shape index (κ1) is 19.4. The summed E-state index contributed by atoms with van der Waals surface area (Å²) < 4.78 is 4.41. The standard InChI is InChI=1S/C21H20Cl2N4S/c1-3-26-12-17(16-7-5-6-8-19(16)26)20-24-25-21(27(20)4-2)28-13-14-9-10-15(22)11-18(14)23/h5-12H,3-4,13H2,1-2H3. The lowest BCUT2D eigenvalue weighted by molar-refractivity contribution is 0.687. The molecule has 0 fully saturated rings. The Morgan fingerprint density at radius 2 is 1.82 bits per heavy atom. The van der Waals surface area contributed by atoms with Gasteiger partial charge in [0.15, 0.2) is 11.0 Å². The summed E-state index contributed by atoms with van der Waals surface area (Å²) in [7, 11) is 0. The summed E-state index contributed by atoms with van der Waals surface area (Å²) in [4.78, 5) is 0. The van der Waals surface area contributed by atoms with E-state index in [0.29, 0.717) is 15.8 Å². The van der Waals surface area contributed by atoms with Crippen LogP contribution in [0.2, 0.25) is 10.0 Å². The molecule has 0 unspecified atom stereocenters. The lowest BCUT2D eigenvalue weighted by Crippen LogP contribution is -2.00. The molecule has 0 aliphatic rings. The largest absolute Gasteiger partial charge is 0.347 e. The second-order valence-electron chi connectivity index (χ2n) is 6.42. The van der Waals surface area contributed by atoms with Crippen LogP contribution in [0, 0.1) is 0 Å². The lowest BCUT2D eigenvalue weighted by Gasteiger charge is -2.08. The third-order valence-corrected chi connectivity index (χ3v) is 6.38. The first-order chi connectivity index (χ1) is 13.6. The van der Waals surface area contributed by atoms with E-state index in [1.807, 2.05) is 12.1 Å². The molecule has 0 atom stereocenters. The molecule has 4 rings (SSSR count). The Morgan fingerprint density at radius 3 is 2.57 bits per heavy atom. The Morgan fingerprint density at radius 1 is 1.00 bits per heavy atom. The van der Waals surface area contributed by atoms with E-state index < -0.39 is 0 Å². The molecule has 0 radical (unpaired) electrons. The Kier molecular flexibility index (Phi) is 5.67. The Hall–Kier alpha value is -1.95. The minimum absolute atomic E-state index is 0.644. The van der Waals surface area contributed by atoms with Crippen LogP contribution in [0.1, 0.15) is 19.4 Å². The molecule has 4 aromatic rings. The molecule has 0 bridgehead atoms. The fourth-order valence-corrected chi connectivity index (χ4v) is 4.91. The van der Waals surface area contributed by atoms with E-state index in [1.54, 1.807) is 17.8 Å². The van der Waals surface area contributed by atoms with Gasteiger partial charge >= 0.3 is 0 Å². The van der Waals surface area contributed by atoms with E-state index in [4.69, 9.17) is 23.2 Å². The molecule has 0 N–H and O–H groups in total. The summed E-state index contributed by atoms with van der Waals surface area (Å²) in [5.74, 6) is 1.61. The van der Waals surface area contributed by atoms with Gasteiger partial charge in [0.1, 0.15) is 0 Å². The second kappa shape index (κ2) is 8.19. The number of nitrogens with zero attached hydrogens (tertiary/aromatic N) is 4. The zero-order valence-corrected chi connectivity index (χ0v) is 18.0. The molecular weight excluding hydrogens is 411 g/mol. The van der Waals surface area contributed by atoms with Gasteiger partial charge in [-0.2, -0.15) is 0 Å². The van der Waals surface area contributed by atoms with Crippen LogP contribution in [-0.2, 0) is 18.8 Å². The summed E-state index contributed by atoms with van der Waals surface area (Å²) in [5, 5.41) is 12.4. The zero-order valence-electron chi connectivity index (χ0n) is 15.7. The summed E-state index contributed by atoms with van der Waals surface area (Å²) in [5.41, 5.74) is 3.36. The number of thioether (sulfide) groups is 1. The molecule has 0 aliphatic carbocycles. The van der Waals surface area contributed by atoms with Crippen LogP contribution in [0.25, 0.3) is 22.3 Å². The van der Waals surface area contributed by atoms with Gasteiger partial charge in [0.05, 0.1) is 0 Å². The van der Waals surface area contributed by atoms with Crippen molar-refractivity contribution in [1.82, 2.24) is 19.3 Å². The first-order valence-electron chi connectivity index (χ1n) is 9.20. The van der Waals surface area contributed by atoms with E-state index in [1.165, 1.54) is 10.9 Å². The summed E-state index contributed by atoms with van der Waals surface area (Å²) in [6.07, 6.45) is 2.17. The van der Waals surface area contributed by atoms with E-state index in [-0.39, 0.29) is 0 Å². The highest BCUT2D eigenvalue weighted by Gasteiger charge is 2.18. The molecule has 2 aromatic carbocycles. The fraction of sp³-hybridized carbons (Fsp3) is 0.238. The molecule has 28 heavy (non-hydrogen) atoms. The van der Waals surface area contributed by atoms with Crippen LogP contribution >= 0.6 is 35.0 Å². The maximum atomic E-state index is 6.31. The molecule has 4 nitrogen and oxygen atoms in total. The van der Waals surface area contributed by atoms with Gasteiger partial charge in [-0.3, -0.25) is 0 Å². The highest BCUT2D eigenvalue weighted by atomic mass is 35.5. The first-order valence-corrected chi connectivity index (χ1v) is 10.9. The van der Waals surface area contributed by atoms with E-state index in [2.05, 4.69) is 63.6 Å². The van der Waals surface area contributed by atoms with E-state index in [0.717, 1.165) is 35.2 Å². The van der Waals surface area contributed by atoms with Crippen LogP contribution in [0.4, 0.5) is 0 Å².